The van der Waals surface area contributed by atoms with Crippen LogP contribution in [0, 0.1) is 0 Å². The molecule has 3 aromatic rings. The van der Waals surface area contributed by atoms with E-state index in [1.54, 1.807) is 13.8 Å². The van der Waals surface area contributed by atoms with Gasteiger partial charge in [-0.3, -0.25) is 9.89 Å². The molecule has 264 valence electrons. The summed E-state index contributed by atoms with van der Waals surface area (Å²) in [4.78, 5) is 42.7. The fraction of sp³-hybridized carbons (Fsp3) is 0.514. The van der Waals surface area contributed by atoms with E-state index in [1.807, 2.05) is 74.5 Å². The third-order valence-corrected chi connectivity index (χ3v) is 8.57. The van der Waals surface area contributed by atoms with E-state index in [0.29, 0.717) is 38.3 Å². The molecule has 2 fully saturated rings. The first-order valence-electron chi connectivity index (χ1n) is 17.3. The number of nitrogens with one attached hydrogen (secondary N) is 4. The zero-order valence-corrected chi connectivity index (χ0v) is 29.4. The number of hydrogen-bond donors (Lipinski definition) is 4. The summed E-state index contributed by atoms with van der Waals surface area (Å²) in [7, 11) is 0. The van der Waals surface area contributed by atoms with Crippen molar-refractivity contribution in [2.24, 2.45) is 0 Å². The number of piperidine rings is 1. The lowest BCUT2D eigenvalue weighted by atomic mass is 10.0. The Morgan fingerprint density at radius 2 is 1.78 bits per heavy atom. The van der Waals surface area contributed by atoms with E-state index in [0.717, 1.165) is 54.6 Å². The van der Waals surface area contributed by atoms with Crippen LogP contribution < -0.4 is 25.6 Å². The van der Waals surface area contributed by atoms with Gasteiger partial charge in [-0.05, 0) is 90.0 Å². The SMILES string of the molecule is CC(C)(C)OC(=O)NCCCNC(=O)C(C)(C)Oc1cccc(N2CCC[C@@H](NC(=O)N(Cc3ccccc3-c3cn[nH]c3)C3CC3)C2)c1. The molecule has 0 bridgehead atoms. The number of alkyl carbamates (subject to hydrolysis) is 1. The summed E-state index contributed by atoms with van der Waals surface area (Å²) in [6.45, 7) is 11.8. The Morgan fingerprint density at radius 3 is 2.51 bits per heavy atom. The minimum Gasteiger partial charge on any atom is -0.478 e. The highest BCUT2D eigenvalue weighted by Crippen LogP contribution is 2.32. The summed E-state index contributed by atoms with van der Waals surface area (Å²) in [5.41, 5.74) is 2.49. The number of anilines is 1. The average Bonchev–Trinajstić information content (AvgIpc) is 3.74. The van der Waals surface area contributed by atoms with Crippen molar-refractivity contribution in [3.63, 3.8) is 0 Å². The van der Waals surface area contributed by atoms with E-state index in [4.69, 9.17) is 9.47 Å². The number of ether oxygens (including phenoxy) is 2. The van der Waals surface area contributed by atoms with Crippen LogP contribution in [0.3, 0.4) is 0 Å². The molecule has 49 heavy (non-hydrogen) atoms. The second-order valence-corrected chi connectivity index (χ2v) is 14.4. The molecule has 2 heterocycles. The van der Waals surface area contributed by atoms with Crippen LogP contribution >= 0.6 is 0 Å². The number of rotatable bonds is 13. The van der Waals surface area contributed by atoms with E-state index in [2.05, 4.69) is 43.2 Å². The van der Waals surface area contributed by atoms with E-state index in [-0.39, 0.29) is 24.0 Å². The maximum absolute atomic E-state index is 13.7. The average molecular weight is 674 g/mol. The molecule has 2 aliphatic rings. The van der Waals surface area contributed by atoms with E-state index in [9.17, 15) is 14.4 Å². The van der Waals surface area contributed by atoms with Crippen molar-refractivity contribution < 1.29 is 23.9 Å². The third-order valence-electron chi connectivity index (χ3n) is 8.57. The first-order chi connectivity index (χ1) is 23.4. The van der Waals surface area contributed by atoms with Gasteiger partial charge in [0.05, 0.1) is 6.20 Å². The Morgan fingerprint density at radius 1 is 1.00 bits per heavy atom. The van der Waals surface area contributed by atoms with Crippen LogP contribution in [0.25, 0.3) is 11.1 Å². The zero-order valence-electron chi connectivity index (χ0n) is 29.4. The van der Waals surface area contributed by atoms with Gasteiger partial charge in [0.25, 0.3) is 5.91 Å². The maximum Gasteiger partial charge on any atom is 0.407 e. The van der Waals surface area contributed by atoms with Crippen LogP contribution in [0.15, 0.2) is 60.9 Å². The van der Waals surface area contributed by atoms with Crippen molar-refractivity contribution in [2.45, 2.75) is 96.6 Å². The van der Waals surface area contributed by atoms with Gasteiger partial charge in [-0.25, -0.2) is 9.59 Å². The Balaban J connectivity index is 1.12. The van der Waals surface area contributed by atoms with Crippen molar-refractivity contribution >= 4 is 23.7 Å². The van der Waals surface area contributed by atoms with Gasteiger partial charge >= 0.3 is 12.1 Å². The fourth-order valence-electron chi connectivity index (χ4n) is 5.95. The van der Waals surface area contributed by atoms with Crippen molar-refractivity contribution in [3.8, 4) is 16.9 Å². The molecule has 1 aliphatic heterocycles. The molecule has 1 atom stereocenters. The summed E-state index contributed by atoms with van der Waals surface area (Å²) in [5, 5.41) is 15.9. The van der Waals surface area contributed by atoms with Crippen LogP contribution in [-0.2, 0) is 16.1 Å². The summed E-state index contributed by atoms with van der Waals surface area (Å²) in [6, 6.07) is 16.2. The minimum atomic E-state index is -1.11. The van der Waals surface area contributed by atoms with Gasteiger partial charge in [0.1, 0.15) is 11.4 Å². The molecule has 2 aromatic carbocycles. The van der Waals surface area contributed by atoms with Crippen LogP contribution in [-0.4, -0.2) is 82.6 Å². The number of aromatic nitrogens is 2. The zero-order chi connectivity index (χ0) is 35.0. The standard InChI is InChI=1S/C37H51N7O5/c1-36(2,3)49-35(47)39-19-10-18-38-33(45)37(4,5)48-31-14-8-13-30(21-31)43-20-9-12-28(25-43)42-34(46)44(29-16-17-29)24-26-11-6-7-15-32(26)27-22-40-41-23-27/h6-8,11,13-15,21-23,28-29H,9-10,12,16-20,24-25H2,1-5H3,(H,38,45)(H,39,47)(H,40,41)(H,42,46)/t28-/m1/s1. The molecule has 4 amide bonds. The summed E-state index contributed by atoms with van der Waals surface area (Å²) >= 11 is 0. The number of aromatic amines is 1. The second-order valence-electron chi connectivity index (χ2n) is 14.4. The quantitative estimate of drug-likeness (QED) is 0.173. The van der Waals surface area contributed by atoms with E-state index >= 15 is 0 Å². The number of nitrogens with zero attached hydrogens (tertiary/aromatic N) is 3. The van der Waals surface area contributed by atoms with Crippen molar-refractivity contribution in [2.75, 3.05) is 31.1 Å². The molecule has 1 aliphatic carbocycles. The fourth-order valence-corrected chi connectivity index (χ4v) is 5.95. The number of carbonyl (C=O) groups excluding carboxylic acids is 3. The molecular weight excluding hydrogens is 622 g/mol. The van der Waals surface area contributed by atoms with Crippen LogP contribution in [0.1, 0.15) is 72.3 Å². The van der Waals surface area contributed by atoms with Gasteiger partial charge in [0.2, 0.25) is 0 Å². The Bertz CT molecular complexity index is 1570. The lowest BCUT2D eigenvalue weighted by molar-refractivity contribution is -0.134. The maximum atomic E-state index is 13.7. The minimum absolute atomic E-state index is 0.00298. The monoisotopic (exact) mass is 673 g/mol. The molecule has 1 saturated heterocycles. The molecule has 12 heteroatoms. The lowest BCUT2D eigenvalue weighted by Gasteiger charge is -2.36. The highest BCUT2D eigenvalue weighted by atomic mass is 16.6. The van der Waals surface area contributed by atoms with Crippen molar-refractivity contribution in [3.05, 3.63) is 66.5 Å². The van der Waals surface area contributed by atoms with Gasteiger partial charge in [-0.15, -0.1) is 0 Å². The highest BCUT2D eigenvalue weighted by Gasteiger charge is 2.35. The molecule has 1 aromatic heterocycles. The predicted molar refractivity (Wildman–Crippen MR) is 189 cm³/mol. The summed E-state index contributed by atoms with van der Waals surface area (Å²) in [5.74, 6) is 0.343. The number of benzene rings is 2. The van der Waals surface area contributed by atoms with Crippen LogP contribution in [0.4, 0.5) is 15.3 Å². The van der Waals surface area contributed by atoms with E-state index < -0.39 is 17.3 Å². The molecule has 0 radical (unpaired) electrons. The first-order valence-corrected chi connectivity index (χ1v) is 17.3. The van der Waals surface area contributed by atoms with Gasteiger partial charge in [0, 0.05) is 68.3 Å². The summed E-state index contributed by atoms with van der Waals surface area (Å²) in [6.07, 6.45) is 7.65. The van der Waals surface area contributed by atoms with Crippen LogP contribution in [0.2, 0.25) is 0 Å². The van der Waals surface area contributed by atoms with Crippen molar-refractivity contribution in [1.29, 1.82) is 0 Å². The number of carbonyl (C=O) groups is 3. The second kappa shape index (κ2) is 15.7. The molecular formula is C37H51N7O5. The van der Waals surface area contributed by atoms with E-state index in [1.165, 1.54) is 0 Å². The number of H-pyrrole nitrogens is 1. The topological polar surface area (TPSA) is 141 Å². The Hall–Kier alpha value is -4.74. The van der Waals surface area contributed by atoms with Gasteiger partial charge < -0.3 is 35.2 Å². The molecule has 5 rings (SSSR count). The number of amides is 4. The molecule has 12 nitrogen and oxygen atoms in total. The normalized spacial score (nSPS) is 16.4. The smallest absolute Gasteiger partial charge is 0.407 e. The van der Waals surface area contributed by atoms with Gasteiger partial charge in [-0.2, -0.15) is 5.10 Å². The van der Waals surface area contributed by atoms with Crippen LogP contribution in [0.5, 0.6) is 5.75 Å². The molecule has 4 N–H and O–H groups in total. The number of hydrogen-bond acceptors (Lipinski definition) is 7. The molecule has 0 spiro atoms. The van der Waals surface area contributed by atoms with Crippen molar-refractivity contribution in [1.82, 2.24) is 31.0 Å². The molecule has 1 saturated carbocycles. The lowest BCUT2D eigenvalue weighted by Crippen LogP contribution is -2.52. The highest BCUT2D eigenvalue weighted by molar-refractivity contribution is 5.84. The Labute approximate surface area is 289 Å². The largest absolute Gasteiger partial charge is 0.478 e. The predicted octanol–water partition coefficient (Wildman–Crippen LogP) is 5.61. The Kier molecular flexibility index (Phi) is 11.4. The third kappa shape index (κ3) is 10.4. The molecule has 0 unspecified atom stereocenters. The van der Waals surface area contributed by atoms with Gasteiger partial charge in [-0.1, -0.05) is 30.3 Å². The van der Waals surface area contributed by atoms with Gasteiger partial charge in [0.15, 0.2) is 5.60 Å². The first kappa shape index (κ1) is 35.6. The number of urea groups is 1. The summed E-state index contributed by atoms with van der Waals surface area (Å²) < 4.78 is 11.4.